The molecule has 0 bridgehead atoms. The van der Waals surface area contributed by atoms with E-state index in [4.69, 9.17) is 9.47 Å². The number of carbonyl (C=O) groups is 1. The van der Waals surface area contributed by atoms with Crippen molar-refractivity contribution in [2.75, 3.05) is 20.1 Å². The molecule has 160 valence electrons. The minimum absolute atomic E-state index is 0.0786. The number of likely N-dealkylation sites (N-methyl/N-ethyl adjacent to an activating group) is 1. The highest BCUT2D eigenvalue weighted by molar-refractivity contribution is 5.85. The van der Waals surface area contributed by atoms with Gasteiger partial charge in [-0.3, -0.25) is 9.69 Å². The third-order valence-electron chi connectivity index (χ3n) is 5.68. The Morgan fingerprint density at radius 1 is 1.07 bits per heavy atom. The van der Waals surface area contributed by atoms with E-state index in [1.54, 1.807) is 24.1 Å². The standard InChI is InChI=1S/C23H25F2NO4/c1-26(12-18(27)22-6-2-14-10-16(24)4-8-20(14)29-22)13-19(28)23-7-3-15-11-17(25)5-9-21(15)30-23/h4-5,8-11,18,22-23,27H,2-3,6-7,12-13H2,1H3/t18-,22+,23?/m1/s1. The molecule has 0 radical (unpaired) electrons. The van der Waals surface area contributed by atoms with Crippen LogP contribution >= 0.6 is 0 Å². The first kappa shape index (κ1) is 20.8. The molecule has 2 aromatic carbocycles. The molecular weight excluding hydrogens is 392 g/mol. The summed E-state index contributed by atoms with van der Waals surface area (Å²) in [6.45, 7) is 0.397. The van der Waals surface area contributed by atoms with Gasteiger partial charge in [-0.25, -0.2) is 8.78 Å². The van der Waals surface area contributed by atoms with Crippen molar-refractivity contribution in [1.82, 2.24) is 4.90 Å². The Kier molecular flexibility index (Phi) is 6.01. The van der Waals surface area contributed by atoms with Crippen molar-refractivity contribution in [3.8, 4) is 11.5 Å². The van der Waals surface area contributed by atoms with E-state index < -0.39 is 18.3 Å². The summed E-state index contributed by atoms with van der Waals surface area (Å²) in [4.78, 5) is 14.4. The Labute approximate surface area is 174 Å². The van der Waals surface area contributed by atoms with Crippen LogP contribution in [0.15, 0.2) is 36.4 Å². The van der Waals surface area contributed by atoms with Crippen LogP contribution in [0, 0.1) is 11.6 Å². The molecule has 0 spiro atoms. The highest BCUT2D eigenvalue weighted by Crippen LogP contribution is 2.30. The van der Waals surface area contributed by atoms with Crippen LogP contribution in [0.1, 0.15) is 24.0 Å². The highest BCUT2D eigenvalue weighted by atomic mass is 19.1. The van der Waals surface area contributed by atoms with Crippen molar-refractivity contribution in [2.45, 2.75) is 44.0 Å². The molecule has 0 saturated carbocycles. The maximum Gasteiger partial charge on any atom is 0.187 e. The van der Waals surface area contributed by atoms with Gasteiger partial charge in [0, 0.05) is 6.54 Å². The van der Waals surface area contributed by atoms with Gasteiger partial charge in [0.25, 0.3) is 0 Å². The lowest BCUT2D eigenvalue weighted by molar-refractivity contribution is -0.127. The van der Waals surface area contributed by atoms with E-state index in [2.05, 4.69) is 0 Å². The lowest BCUT2D eigenvalue weighted by Crippen LogP contribution is -2.45. The summed E-state index contributed by atoms with van der Waals surface area (Å²) in [6, 6.07) is 8.71. The third kappa shape index (κ3) is 4.63. The Morgan fingerprint density at radius 3 is 2.33 bits per heavy atom. The molecule has 2 aliphatic heterocycles. The molecule has 0 aliphatic carbocycles. The summed E-state index contributed by atoms with van der Waals surface area (Å²) in [6.07, 6.45) is 0.544. The lowest BCUT2D eigenvalue weighted by atomic mass is 9.98. The van der Waals surface area contributed by atoms with Crippen LogP contribution in [0.3, 0.4) is 0 Å². The molecule has 0 fully saturated rings. The Hall–Kier alpha value is -2.51. The number of rotatable bonds is 6. The molecule has 0 aromatic heterocycles. The number of aliphatic hydroxyl groups is 1. The largest absolute Gasteiger partial charge is 0.487 e. The zero-order valence-electron chi connectivity index (χ0n) is 16.8. The molecule has 7 heteroatoms. The topological polar surface area (TPSA) is 59.0 Å². The van der Waals surface area contributed by atoms with Crippen molar-refractivity contribution in [3.63, 3.8) is 0 Å². The van der Waals surface area contributed by atoms with Crippen LogP contribution in [-0.2, 0) is 17.6 Å². The van der Waals surface area contributed by atoms with E-state index in [0.717, 1.165) is 11.1 Å². The summed E-state index contributed by atoms with van der Waals surface area (Å²) >= 11 is 0. The number of aliphatic hydroxyl groups excluding tert-OH is 1. The van der Waals surface area contributed by atoms with Crippen molar-refractivity contribution in [1.29, 1.82) is 0 Å². The number of aryl methyl sites for hydroxylation is 2. The van der Waals surface area contributed by atoms with Gasteiger partial charge in [0.15, 0.2) is 11.9 Å². The fraction of sp³-hybridized carbons (Fsp3) is 0.435. The zero-order chi connectivity index (χ0) is 21.3. The zero-order valence-corrected chi connectivity index (χ0v) is 16.8. The maximum atomic E-state index is 13.3. The number of ether oxygens (including phenoxy) is 2. The fourth-order valence-corrected chi connectivity index (χ4v) is 4.10. The first-order chi connectivity index (χ1) is 14.4. The second kappa shape index (κ2) is 8.70. The van der Waals surface area contributed by atoms with Gasteiger partial charge in [-0.2, -0.15) is 0 Å². The highest BCUT2D eigenvalue weighted by Gasteiger charge is 2.30. The molecule has 5 nitrogen and oxygen atoms in total. The van der Waals surface area contributed by atoms with Crippen LogP contribution in [0.25, 0.3) is 0 Å². The molecule has 2 aliphatic rings. The molecule has 2 heterocycles. The van der Waals surface area contributed by atoms with E-state index >= 15 is 0 Å². The van der Waals surface area contributed by atoms with Gasteiger partial charge in [0.05, 0.1) is 6.54 Å². The number of hydrogen-bond acceptors (Lipinski definition) is 5. The van der Waals surface area contributed by atoms with Crippen molar-refractivity contribution >= 4 is 5.78 Å². The number of nitrogens with zero attached hydrogens (tertiary/aromatic N) is 1. The van der Waals surface area contributed by atoms with Crippen LogP contribution in [0.5, 0.6) is 11.5 Å². The van der Waals surface area contributed by atoms with Gasteiger partial charge in [-0.05, 0) is 80.3 Å². The summed E-state index contributed by atoms with van der Waals surface area (Å²) in [7, 11) is 1.76. The van der Waals surface area contributed by atoms with E-state index in [1.807, 2.05) is 0 Å². The van der Waals surface area contributed by atoms with Gasteiger partial charge in [0.1, 0.15) is 35.3 Å². The molecule has 0 saturated heterocycles. The Morgan fingerprint density at radius 2 is 1.67 bits per heavy atom. The van der Waals surface area contributed by atoms with Crippen molar-refractivity contribution < 1.29 is 28.2 Å². The maximum absolute atomic E-state index is 13.3. The average molecular weight is 417 g/mol. The van der Waals surface area contributed by atoms with Crippen LogP contribution < -0.4 is 9.47 Å². The number of Topliss-reactive ketones (excluding diaryl/α,β-unsaturated/α-hetero) is 1. The van der Waals surface area contributed by atoms with Gasteiger partial charge in [-0.15, -0.1) is 0 Å². The summed E-state index contributed by atoms with van der Waals surface area (Å²) in [5.41, 5.74) is 1.58. The first-order valence-corrected chi connectivity index (χ1v) is 10.2. The lowest BCUT2D eigenvalue weighted by Gasteiger charge is -2.32. The number of hydrogen-bond donors (Lipinski definition) is 1. The molecule has 0 amide bonds. The number of halogens is 2. The summed E-state index contributed by atoms with van der Waals surface area (Å²) < 4.78 is 38.2. The molecule has 1 N–H and O–H groups in total. The monoisotopic (exact) mass is 417 g/mol. The minimum atomic E-state index is -0.781. The van der Waals surface area contributed by atoms with Gasteiger partial charge >= 0.3 is 0 Å². The average Bonchev–Trinajstić information content (AvgIpc) is 2.72. The molecule has 4 rings (SSSR count). The predicted molar refractivity (Wildman–Crippen MR) is 107 cm³/mol. The summed E-state index contributed by atoms with van der Waals surface area (Å²) in [5, 5.41) is 10.6. The van der Waals surface area contributed by atoms with Gasteiger partial charge in [-0.1, -0.05) is 0 Å². The second-order valence-corrected chi connectivity index (χ2v) is 8.07. The second-order valence-electron chi connectivity index (χ2n) is 8.07. The SMILES string of the molecule is CN(CC(=O)C1CCc2cc(F)ccc2O1)C[C@@H](O)[C@@H]1CCc2cc(F)ccc2O1. The number of ketones is 1. The minimum Gasteiger partial charge on any atom is -0.487 e. The third-order valence-corrected chi connectivity index (χ3v) is 5.68. The number of carbonyl (C=O) groups excluding carboxylic acids is 1. The molecular formula is C23H25F2NO4. The number of benzene rings is 2. The number of fused-ring (bicyclic) bond motifs is 2. The quantitative estimate of drug-likeness (QED) is 0.783. The smallest absolute Gasteiger partial charge is 0.187 e. The Bertz CT molecular complexity index is 935. The van der Waals surface area contributed by atoms with Gasteiger partial charge < -0.3 is 14.6 Å². The molecule has 3 atom stereocenters. The van der Waals surface area contributed by atoms with E-state index in [9.17, 15) is 18.7 Å². The molecule has 1 unspecified atom stereocenters. The van der Waals surface area contributed by atoms with Crippen LogP contribution in [0.4, 0.5) is 8.78 Å². The fourth-order valence-electron chi connectivity index (χ4n) is 4.10. The normalized spacial score (nSPS) is 21.2. The van der Waals surface area contributed by atoms with Crippen molar-refractivity contribution in [3.05, 3.63) is 59.2 Å². The summed E-state index contributed by atoms with van der Waals surface area (Å²) in [5.74, 6) is 0.455. The predicted octanol–water partition coefficient (Wildman–Crippen LogP) is 2.91. The van der Waals surface area contributed by atoms with Gasteiger partial charge in [0.2, 0.25) is 0 Å². The van der Waals surface area contributed by atoms with Crippen LogP contribution in [0.2, 0.25) is 0 Å². The van der Waals surface area contributed by atoms with E-state index in [-0.39, 0.29) is 30.5 Å². The first-order valence-electron chi connectivity index (χ1n) is 10.2. The van der Waals surface area contributed by atoms with Crippen molar-refractivity contribution in [2.24, 2.45) is 0 Å². The molecule has 2 aromatic rings. The van der Waals surface area contributed by atoms with E-state index in [1.165, 1.54) is 24.3 Å². The molecule has 30 heavy (non-hydrogen) atoms. The van der Waals surface area contributed by atoms with Crippen LogP contribution in [-0.4, -0.2) is 54.2 Å². The van der Waals surface area contributed by atoms with E-state index in [0.29, 0.717) is 37.2 Å². The Balaban J connectivity index is 1.29.